The second-order valence-corrected chi connectivity index (χ2v) is 7.43. The zero-order valence-corrected chi connectivity index (χ0v) is 18.7. The van der Waals surface area contributed by atoms with Gasteiger partial charge < -0.3 is 14.6 Å². The summed E-state index contributed by atoms with van der Waals surface area (Å²) in [7, 11) is 3.06. The molecular weight excluding hydrogens is 416 g/mol. The summed E-state index contributed by atoms with van der Waals surface area (Å²) in [5.41, 5.74) is -0.629. The monoisotopic (exact) mass is 444 g/mol. The van der Waals surface area contributed by atoms with Crippen LogP contribution in [0.15, 0.2) is 32.9 Å². The minimum atomic E-state index is -0.745. The van der Waals surface area contributed by atoms with E-state index >= 15 is 0 Å². The molecule has 0 fully saturated rings. The molecule has 2 aromatic rings. The van der Waals surface area contributed by atoms with Crippen LogP contribution in [-0.4, -0.2) is 45.5 Å². The number of methoxy groups -OCH3 is 2. The van der Waals surface area contributed by atoms with Crippen molar-refractivity contribution in [3.05, 3.63) is 50.2 Å². The van der Waals surface area contributed by atoms with E-state index in [1.807, 2.05) is 6.92 Å². The molecule has 0 saturated heterocycles. The topological polar surface area (TPSA) is 126 Å². The van der Waals surface area contributed by atoms with E-state index in [-0.39, 0.29) is 36.6 Å². The van der Waals surface area contributed by atoms with Gasteiger partial charge in [-0.25, -0.2) is 9.80 Å². The van der Waals surface area contributed by atoms with Gasteiger partial charge in [0, 0.05) is 31.0 Å². The van der Waals surface area contributed by atoms with Crippen molar-refractivity contribution in [2.45, 2.75) is 52.1 Å². The van der Waals surface area contributed by atoms with Gasteiger partial charge in [0.25, 0.3) is 5.56 Å². The lowest BCUT2D eigenvalue weighted by molar-refractivity contribution is -0.132. The highest BCUT2D eigenvalue weighted by Gasteiger charge is 2.36. The first-order valence-electron chi connectivity index (χ1n) is 10.5. The maximum absolute atomic E-state index is 12.7. The number of nitrogens with zero attached hydrogens (tertiary/aromatic N) is 3. The molecule has 1 atom stereocenters. The van der Waals surface area contributed by atoms with Crippen LogP contribution < -0.4 is 20.7 Å². The number of carbonyl (C=O) groups is 1. The summed E-state index contributed by atoms with van der Waals surface area (Å²) < 4.78 is 11.9. The van der Waals surface area contributed by atoms with Gasteiger partial charge in [-0.05, 0) is 18.6 Å². The van der Waals surface area contributed by atoms with E-state index < -0.39 is 23.2 Å². The van der Waals surface area contributed by atoms with Gasteiger partial charge in [0.15, 0.2) is 0 Å². The second-order valence-electron chi connectivity index (χ2n) is 7.43. The number of hydrazone groups is 1. The molecule has 3 rings (SSSR count). The summed E-state index contributed by atoms with van der Waals surface area (Å²) in [5.74, 6) is 0.399. The number of ether oxygens (including phenoxy) is 2. The fourth-order valence-corrected chi connectivity index (χ4v) is 3.73. The highest BCUT2D eigenvalue weighted by molar-refractivity contribution is 6.04. The number of amides is 1. The molecule has 1 aromatic heterocycles. The second kappa shape index (κ2) is 9.71. The Balaban J connectivity index is 2.10. The SMILES string of the molecule is CCCCn1c(O)c(C2=NN(C(=O)CC)[C@@H](c3ccc(OC)cc3OC)C2)c(=O)[nH]c1=O. The minimum Gasteiger partial charge on any atom is -0.497 e. The van der Waals surface area contributed by atoms with E-state index in [2.05, 4.69) is 10.1 Å². The van der Waals surface area contributed by atoms with E-state index in [9.17, 15) is 19.5 Å². The number of benzene rings is 1. The van der Waals surface area contributed by atoms with Crippen LogP contribution in [-0.2, 0) is 11.3 Å². The molecule has 10 nitrogen and oxygen atoms in total. The lowest BCUT2D eigenvalue weighted by atomic mass is 9.98. The van der Waals surface area contributed by atoms with Gasteiger partial charge in [-0.15, -0.1) is 0 Å². The highest BCUT2D eigenvalue weighted by Crippen LogP contribution is 2.39. The largest absolute Gasteiger partial charge is 0.497 e. The minimum absolute atomic E-state index is 0.107. The van der Waals surface area contributed by atoms with Gasteiger partial charge in [-0.2, -0.15) is 5.10 Å². The van der Waals surface area contributed by atoms with Gasteiger partial charge in [0.2, 0.25) is 11.8 Å². The Hall–Kier alpha value is -3.56. The van der Waals surface area contributed by atoms with Gasteiger partial charge >= 0.3 is 5.69 Å². The van der Waals surface area contributed by atoms with Crippen molar-refractivity contribution in [1.29, 1.82) is 0 Å². The number of H-pyrrole nitrogens is 1. The van der Waals surface area contributed by atoms with Gasteiger partial charge in [-0.3, -0.25) is 19.1 Å². The van der Waals surface area contributed by atoms with Gasteiger partial charge in [0.1, 0.15) is 17.1 Å². The molecule has 0 radical (unpaired) electrons. The summed E-state index contributed by atoms with van der Waals surface area (Å²) in [6.45, 7) is 3.93. The van der Waals surface area contributed by atoms with E-state index in [0.29, 0.717) is 23.5 Å². The Morgan fingerprint density at radius 2 is 2.00 bits per heavy atom. The predicted molar refractivity (Wildman–Crippen MR) is 118 cm³/mol. The summed E-state index contributed by atoms with van der Waals surface area (Å²) in [6.07, 6.45) is 1.82. The Labute approximate surface area is 185 Å². The molecule has 2 heterocycles. The Morgan fingerprint density at radius 1 is 1.25 bits per heavy atom. The van der Waals surface area contributed by atoms with Crippen LogP contribution in [0.3, 0.4) is 0 Å². The fraction of sp³-hybridized carbons (Fsp3) is 0.455. The number of nitrogens with one attached hydrogen (secondary N) is 1. The van der Waals surface area contributed by atoms with E-state index in [4.69, 9.17) is 9.47 Å². The van der Waals surface area contributed by atoms with Crippen molar-refractivity contribution < 1.29 is 19.4 Å². The van der Waals surface area contributed by atoms with Crippen molar-refractivity contribution in [1.82, 2.24) is 14.6 Å². The van der Waals surface area contributed by atoms with Crippen molar-refractivity contribution in [2.24, 2.45) is 5.10 Å². The normalized spacial score (nSPS) is 15.6. The molecule has 1 aliphatic heterocycles. The van der Waals surface area contributed by atoms with E-state index in [0.717, 1.165) is 11.0 Å². The predicted octanol–water partition coefficient (Wildman–Crippen LogP) is 2.15. The summed E-state index contributed by atoms with van der Waals surface area (Å²) in [5, 5.41) is 16.5. The third-order valence-corrected chi connectivity index (χ3v) is 5.46. The van der Waals surface area contributed by atoms with Crippen LogP contribution in [0.4, 0.5) is 0 Å². The smallest absolute Gasteiger partial charge is 0.331 e. The number of carbonyl (C=O) groups excluding carboxylic acids is 1. The lowest BCUT2D eigenvalue weighted by Gasteiger charge is -2.23. The first-order valence-corrected chi connectivity index (χ1v) is 10.5. The Bertz CT molecular complexity index is 1150. The number of unbranched alkanes of at least 4 members (excludes halogenated alkanes) is 1. The summed E-state index contributed by atoms with van der Waals surface area (Å²) in [6, 6.07) is 4.69. The molecule has 1 aliphatic rings. The average Bonchev–Trinajstić information content (AvgIpc) is 3.22. The number of hydrogen-bond acceptors (Lipinski definition) is 7. The third kappa shape index (κ3) is 4.25. The van der Waals surface area contributed by atoms with Crippen LogP contribution in [0.2, 0.25) is 0 Å². The molecule has 0 unspecified atom stereocenters. The molecule has 0 bridgehead atoms. The average molecular weight is 444 g/mol. The first kappa shape index (κ1) is 23.1. The van der Waals surface area contributed by atoms with E-state index in [1.54, 1.807) is 32.2 Å². The van der Waals surface area contributed by atoms with Crippen LogP contribution in [0, 0.1) is 0 Å². The number of aromatic hydroxyl groups is 1. The molecule has 0 saturated carbocycles. The van der Waals surface area contributed by atoms with E-state index in [1.165, 1.54) is 12.1 Å². The zero-order chi connectivity index (χ0) is 23.4. The fourth-order valence-electron chi connectivity index (χ4n) is 3.73. The van der Waals surface area contributed by atoms with Crippen molar-refractivity contribution >= 4 is 11.6 Å². The first-order chi connectivity index (χ1) is 15.4. The van der Waals surface area contributed by atoms with Crippen molar-refractivity contribution in [3.8, 4) is 17.4 Å². The van der Waals surface area contributed by atoms with Crippen molar-refractivity contribution in [3.63, 3.8) is 0 Å². The molecule has 10 heteroatoms. The maximum Gasteiger partial charge on any atom is 0.331 e. The van der Waals surface area contributed by atoms with Crippen LogP contribution in [0.5, 0.6) is 17.4 Å². The maximum atomic E-state index is 12.7. The Kier molecular flexibility index (Phi) is 7.01. The molecule has 0 spiro atoms. The molecule has 172 valence electrons. The van der Waals surface area contributed by atoms with Crippen molar-refractivity contribution in [2.75, 3.05) is 14.2 Å². The number of aromatic nitrogens is 2. The lowest BCUT2D eigenvalue weighted by Crippen LogP contribution is -2.33. The standard InChI is InChI=1S/C22H28N4O6/c1-5-7-10-25-21(29)19(20(28)23-22(25)30)15-12-16(26(24-15)18(27)6-2)14-9-8-13(31-3)11-17(14)32-4/h8-9,11,16,29H,5-7,10,12H2,1-4H3,(H,23,28,30)/t16-/m1/s1. The van der Waals surface area contributed by atoms with Gasteiger partial charge in [0.05, 0.1) is 26.0 Å². The molecule has 2 N–H and O–H groups in total. The molecule has 32 heavy (non-hydrogen) atoms. The van der Waals surface area contributed by atoms with Crippen LogP contribution >= 0.6 is 0 Å². The molecule has 1 amide bonds. The molecule has 1 aromatic carbocycles. The quantitative estimate of drug-likeness (QED) is 0.642. The van der Waals surface area contributed by atoms with Crippen LogP contribution in [0.1, 0.15) is 56.7 Å². The number of hydrogen-bond donors (Lipinski definition) is 2. The number of rotatable bonds is 8. The molecular formula is C22H28N4O6. The number of aromatic amines is 1. The third-order valence-electron chi connectivity index (χ3n) is 5.46. The molecule has 0 aliphatic carbocycles. The summed E-state index contributed by atoms with van der Waals surface area (Å²) in [4.78, 5) is 39.7. The highest BCUT2D eigenvalue weighted by atomic mass is 16.5. The van der Waals surface area contributed by atoms with Gasteiger partial charge in [-0.1, -0.05) is 20.3 Å². The summed E-state index contributed by atoms with van der Waals surface area (Å²) >= 11 is 0. The zero-order valence-electron chi connectivity index (χ0n) is 18.7. The Morgan fingerprint density at radius 3 is 2.62 bits per heavy atom. The van der Waals surface area contributed by atoms with Crippen LogP contribution in [0.25, 0.3) is 0 Å².